The second-order valence-corrected chi connectivity index (χ2v) is 6.09. The number of nitro groups is 2. The van der Waals surface area contributed by atoms with Gasteiger partial charge in [0.2, 0.25) is 0 Å². The first-order valence-corrected chi connectivity index (χ1v) is 8.44. The zero-order valence-electron chi connectivity index (χ0n) is 14.3. The quantitative estimate of drug-likeness (QED) is 0.370. The fourth-order valence-corrected chi connectivity index (χ4v) is 2.56. The van der Waals surface area contributed by atoms with Gasteiger partial charge >= 0.3 is 0 Å². The van der Waals surface area contributed by atoms with E-state index in [1.165, 1.54) is 18.3 Å². The van der Waals surface area contributed by atoms with E-state index >= 15 is 0 Å². The summed E-state index contributed by atoms with van der Waals surface area (Å²) in [7, 11) is 0. The number of nitrogens with one attached hydrogen (secondary N) is 1. The number of benzene rings is 2. The van der Waals surface area contributed by atoms with Gasteiger partial charge in [-0.3, -0.25) is 25.0 Å². The van der Waals surface area contributed by atoms with Crippen LogP contribution in [0.4, 0.5) is 11.4 Å². The van der Waals surface area contributed by atoms with Crippen LogP contribution in [0.15, 0.2) is 39.9 Å². The average Bonchev–Trinajstić information content (AvgIpc) is 2.65. The van der Waals surface area contributed by atoms with Gasteiger partial charge in [0.25, 0.3) is 17.3 Å². The first-order chi connectivity index (χ1) is 13.2. The van der Waals surface area contributed by atoms with E-state index in [4.69, 9.17) is 4.74 Å². The van der Waals surface area contributed by atoms with Crippen LogP contribution in [-0.4, -0.2) is 33.7 Å². The summed E-state index contributed by atoms with van der Waals surface area (Å²) in [6.45, 7) is 2.06. The predicted octanol–water partition coefficient (Wildman–Crippen LogP) is 3.13. The number of nitrogens with zero attached hydrogens (tertiary/aromatic N) is 3. The Morgan fingerprint density at radius 3 is 2.36 bits per heavy atom. The molecular formula is C16H13BrN4O7. The number of nitro benzene ring substituents is 2. The molecule has 0 aliphatic heterocycles. The van der Waals surface area contributed by atoms with Gasteiger partial charge in [-0.15, -0.1) is 0 Å². The molecule has 2 rings (SSSR count). The van der Waals surface area contributed by atoms with Gasteiger partial charge < -0.3 is 9.84 Å². The average molecular weight is 453 g/mol. The molecule has 1 amide bonds. The number of ether oxygens (including phenoxy) is 1. The van der Waals surface area contributed by atoms with Gasteiger partial charge in [-0.05, 0) is 40.5 Å². The number of amides is 1. The summed E-state index contributed by atoms with van der Waals surface area (Å²) >= 11 is 3.16. The summed E-state index contributed by atoms with van der Waals surface area (Å²) in [6, 6.07) is 5.57. The molecule has 0 spiro atoms. The number of phenols is 1. The van der Waals surface area contributed by atoms with Crippen LogP contribution in [-0.2, 0) is 0 Å². The largest absolute Gasteiger partial charge is 0.503 e. The Hall–Kier alpha value is -3.54. The number of carbonyl (C=O) groups excluding carboxylic acids is 1. The van der Waals surface area contributed by atoms with Crippen LogP contribution in [0.1, 0.15) is 22.8 Å². The second-order valence-electron chi connectivity index (χ2n) is 5.23. The Bertz CT molecular complexity index is 945. The lowest BCUT2D eigenvalue weighted by atomic mass is 10.1. The van der Waals surface area contributed by atoms with Crippen molar-refractivity contribution in [3.8, 4) is 11.5 Å². The number of hydrazone groups is 1. The Kier molecular flexibility index (Phi) is 6.60. The molecule has 0 saturated heterocycles. The molecule has 2 aromatic carbocycles. The Morgan fingerprint density at radius 2 is 1.82 bits per heavy atom. The van der Waals surface area contributed by atoms with Crippen molar-refractivity contribution in [2.75, 3.05) is 6.61 Å². The maximum absolute atomic E-state index is 12.1. The van der Waals surface area contributed by atoms with Crippen molar-refractivity contribution in [3.05, 3.63) is 66.2 Å². The highest BCUT2D eigenvalue weighted by Crippen LogP contribution is 2.35. The van der Waals surface area contributed by atoms with Crippen LogP contribution in [0.2, 0.25) is 0 Å². The highest BCUT2D eigenvalue weighted by molar-refractivity contribution is 9.10. The van der Waals surface area contributed by atoms with E-state index < -0.39 is 27.1 Å². The fourth-order valence-electron chi connectivity index (χ4n) is 2.10. The van der Waals surface area contributed by atoms with Gasteiger partial charge in [0.05, 0.1) is 38.8 Å². The van der Waals surface area contributed by atoms with Crippen molar-refractivity contribution in [1.29, 1.82) is 0 Å². The molecule has 146 valence electrons. The van der Waals surface area contributed by atoms with Gasteiger partial charge in [-0.25, -0.2) is 5.43 Å². The smallest absolute Gasteiger partial charge is 0.277 e. The fraction of sp³-hybridized carbons (Fsp3) is 0.125. The SMILES string of the molecule is CCOc1cc(C=NNC(=O)c2cc([N+](=O)[O-])cc([N+](=O)[O-])c2)cc(Br)c1O. The molecule has 0 heterocycles. The lowest BCUT2D eigenvalue weighted by Crippen LogP contribution is -2.18. The van der Waals surface area contributed by atoms with Gasteiger partial charge in [0, 0.05) is 12.1 Å². The summed E-state index contributed by atoms with van der Waals surface area (Å²) in [5.41, 5.74) is 1.13. The van der Waals surface area contributed by atoms with Crippen LogP contribution in [0.3, 0.4) is 0 Å². The molecule has 0 unspecified atom stereocenters. The van der Waals surface area contributed by atoms with E-state index in [0.717, 1.165) is 18.2 Å². The highest BCUT2D eigenvalue weighted by Gasteiger charge is 2.19. The topological polar surface area (TPSA) is 157 Å². The Labute approximate surface area is 166 Å². The summed E-state index contributed by atoms with van der Waals surface area (Å²) in [6.07, 6.45) is 1.25. The third-order valence-electron chi connectivity index (χ3n) is 3.32. The minimum atomic E-state index is -0.870. The van der Waals surface area contributed by atoms with Crippen LogP contribution >= 0.6 is 15.9 Å². The lowest BCUT2D eigenvalue weighted by Gasteiger charge is -2.08. The van der Waals surface area contributed by atoms with Crippen molar-refractivity contribution in [2.24, 2.45) is 5.10 Å². The van der Waals surface area contributed by atoms with Gasteiger partial charge in [0.1, 0.15) is 0 Å². The summed E-state index contributed by atoms with van der Waals surface area (Å²) in [4.78, 5) is 32.2. The third-order valence-corrected chi connectivity index (χ3v) is 3.92. The van der Waals surface area contributed by atoms with Gasteiger partial charge in [-0.2, -0.15) is 5.10 Å². The standard InChI is InChI=1S/C16H13BrN4O7/c1-2-28-14-4-9(3-13(17)15(14)22)8-18-19-16(23)10-5-11(20(24)25)7-12(6-10)21(26)27/h3-8,22H,2H2,1H3,(H,19,23). The molecule has 0 aliphatic rings. The Morgan fingerprint density at radius 1 is 1.21 bits per heavy atom. The van der Waals surface area contributed by atoms with Crippen LogP contribution < -0.4 is 10.2 Å². The van der Waals surface area contributed by atoms with Crippen molar-refractivity contribution in [3.63, 3.8) is 0 Å². The van der Waals surface area contributed by atoms with Crippen molar-refractivity contribution in [1.82, 2.24) is 5.43 Å². The van der Waals surface area contributed by atoms with E-state index in [1.54, 1.807) is 6.92 Å². The Balaban J connectivity index is 2.22. The number of halogens is 1. The molecule has 0 radical (unpaired) electrons. The van der Waals surface area contributed by atoms with Crippen LogP contribution in [0.5, 0.6) is 11.5 Å². The summed E-state index contributed by atoms with van der Waals surface area (Å²) in [5, 5.41) is 35.3. The van der Waals surface area contributed by atoms with Crippen molar-refractivity contribution >= 4 is 39.4 Å². The van der Waals surface area contributed by atoms with Crippen molar-refractivity contribution in [2.45, 2.75) is 6.92 Å². The molecule has 2 N–H and O–H groups in total. The van der Waals surface area contributed by atoms with Gasteiger partial charge in [0.15, 0.2) is 11.5 Å². The van der Waals surface area contributed by atoms with Gasteiger partial charge in [-0.1, -0.05) is 0 Å². The number of phenolic OH excluding ortho intramolecular Hbond substituents is 1. The molecule has 12 heteroatoms. The molecule has 0 atom stereocenters. The van der Waals surface area contributed by atoms with Crippen molar-refractivity contribution < 1.29 is 24.5 Å². The van der Waals surface area contributed by atoms with E-state index in [2.05, 4.69) is 26.5 Å². The lowest BCUT2D eigenvalue weighted by molar-refractivity contribution is -0.394. The molecular weight excluding hydrogens is 440 g/mol. The molecule has 2 aromatic rings. The predicted molar refractivity (Wildman–Crippen MR) is 102 cm³/mol. The monoisotopic (exact) mass is 452 g/mol. The normalized spacial score (nSPS) is 10.6. The zero-order chi connectivity index (χ0) is 20.8. The summed E-state index contributed by atoms with van der Waals surface area (Å²) in [5.74, 6) is -0.753. The van der Waals surface area contributed by atoms with E-state index in [9.17, 15) is 30.1 Å². The maximum atomic E-state index is 12.1. The number of carbonyl (C=O) groups is 1. The minimum absolute atomic E-state index is 0.0908. The van der Waals surface area contributed by atoms with E-state index in [0.29, 0.717) is 16.6 Å². The zero-order valence-corrected chi connectivity index (χ0v) is 15.9. The van der Waals surface area contributed by atoms with E-state index in [1.807, 2.05) is 0 Å². The minimum Gasteiger partial charge on any atom is -0.503 e. The highest BCUT2D eigenvalue weighted by atomic mass is 79.9. The second kappa shape index (κ2) is 8.90. The number of non-ortho nitro benzene ring substituents is 2. The number of rotatable bonds is 7. The molecule has 0 aromatic heterocycles. The molecule has 0 saturated carbocycles. The molecule has 0 aliphatic carbocycles. The number of hydrogen-bond acceptors (Lipinski definition) is 8. The maximum Gasteiger partial charge on any atom is 0.277 e. The van der Waals surface area contributed by atoms with Crippen LogP contribution in [0, 0.1) is 20.2 Å². The van der Waals surface area contributed by atoms with Crippen LogP contribution in [0.25, 0.3) is 0 Å². The molecule has 0 bridgehead atoms. The number of hydrogen-bond donors (Lipinski definition) is 2. The van der Waals surface area contributed by atoms with E-state index in [-0.39, 0.29) is 17.1 Å². The molecule has 0 fully saturated rings. The third kappa shape index (κ3) is 5.01. The molecule has 28 heavy (non-hydrogen) atoms. The first-order valence-electron chi connectivity index (χ1n) is 7.65. The number of aromatic hydroxyl groups is 1. The summed E-state index contributed by atoms with van der Waals surface area (Å²) < 4.78 is 5.62. The first kappa shape index (κ1) is 20.8. The molecule has 11 nitrogen and oxygen atoms in total.